The van der Waals surface area contributed by atoms with Crippen LogP contribution in [-0.2, 0) is 6.42 Å². The van der Waals surface area contributed by atoms with E-state index < -0.39 is 0 Å². The van der Waals surface area contributed by atoms with E-state index in [-0.39, 0.29) is 0 Å². The first kappa shape index (κ1) is 13.9. The maximum atomic E-state index is 9.14. The number of likely N-dealkylation sites (N-methyl/N-ethyl adjacent to an activating group) is 1. The molecule has 0 aromatic heterocycles. The van der Waals surface area contributed by atoms with Gasteiger partial charge < -0.3 is 9.80 Å². The van der Waals surface area contributed by atoms with Crippen molar-refractivity contribution < 1.29 is 0 Å². The molecule has 0 saturated carbocycles. The maximum Gasteiger partial charge on any atom is 0.0994 e. The number of nitrogens with zero attached hydrogens (tertiary/aromatic N) is 3. The van der Waals surface area contributed by atoms with Gasteiger partial charge in [0.25, 0.3) is 0 Å². The van der Waals surface area contributed by atoms with Crippen LogP contribution in [0.2, 0.25) is 0 Å². The molecule has 0 bridgehead atoms. The Kier molecular flexibility index (Phi) is 4.81. The van der Waals surface area contributed by atoms with Gasteiger partial charge in [0.2, 0.25) is 0 Å². The maximum absolute atomic E-state index is 9.14. The molecule has 0 amide bonds. The summed E-state index contributed by atoms with van der Waals surface area (Å²) >= 11 is 0. The van der Waals surface area contributed by atoms with Crippen molar-refractivity contribution in [1.82, 2.24) is 4.90 Å². The third-order valence-electron chi connectivity index (χ3n) is 3.91. The fourth-order valence-corrected chi connectivity index (χ4v) is 2.68. The average molecular weight is 257 g/mol. The highest BCUT2D eigenvalue weighted by Gasteiger charge is 2.16. The number of anilines is 1. The van der Waals surface area contributed by atoms with Gasteiger partial charge in [0.05, 0.1) is 11.6 Å². The molecule has 0 atom stereocenters. The fourth-order valence-electron chi connectivity index (χ4n) is 2.68. The topological polar surface area (TPSA) is 30.3 Å². The number of rotatable bonds is 4. The van der Waals surface area contributed by atoms with Crippen LogP contribution in [0.1, 0.15) is 31.4 Å². The van der Waals surface area contributed by atoms with Gasteiger partial charge in [-0.15, -0.1) is 0 Å². The third-order valence-corrected chi connectivity index (χ3v) is 3.91. The summed E-state index contributed by atoms with van der Waals surface area (Å²) in [6.07, 6.45) is 2.08. The fraction of sp³-hybridized carbons (Fsp3) is 0.562. The first-order valence-electron chi connectivity index (χ1n) is 7.28. The van der Waals surface area contributed by atoms with Crippen molar-refractivity contribution in [3.05, 3.63) is 29.3 Å². The van der Waals surface area contributed by atoms with Crippen LogP contribution in [-0.4, -0.2) is 37.6 Å². The SMILES string of the molecule is CCCc1cc(N2CCN(CC)CC2)ccc1C#N. The summed E-state index contributed by atoms with van der Waals surface area (Å²) in [7, 11) is 0. The number of hydrogen-bond acceptors (Lipinski definition) is 3. The molecule has 2 rings (SSSR count). The molecule has 1 aliphatic heterocycles. The minimum absolute atomic E-state index is 0.831. The zero-order valence-corrected chi connectivity index (χ0v) is 12.0. The van der Waals surface area contributed by atoms with Crippen LogP contribution < -0.4 is 4.90 Å². The predicted octanol–water partition coefficient (Wildman–Crippen LogP) is 2.65. The lowest BCUT2D eigenvalue weighted by molar-refractivity contribution is 0.271. The Morgan fingerprint density at radius 1 is 1.16 bits per heavy atom. The van der Waals surface area contributed by atoms with Crippen LogP contribution in [0.4, 0.5) is 5.69 Å². The molecule has 1 fully saturated rings. The van der Waals surface area contributed by atoms with Gasteiger partial charge in [0, 0.05) is 31.9 Å². The summed E-state index contributed by atoms with van der Waals surface area (Å²) in [6, 6.07) is 8.59. The lowest BCUT2D eigenvalue weighted by atomic mass is 10.0. The van der Waals surface area contributed by atoms with E-state index in [2.05, 4.69) is 41.8 Å². The molecular weight excluding hydrogens is 234 g/mol. The van der Waals surface area contributed by atoms with E-state index in [1.54, 1.807) is 0 Å². The van der Waals surface area contributed by atoms with Crippen LogP contribution in [0.5, 0.6) is 0 Å². The van der Waals surface area contributed by atoms with Gasteiger partial charge in [-0.25, -0.2) is 0 Å². The number of hydrogen-bond donors (Lipinski definition) is 0. The van der Waals surface area contributed by atoms with E-state index in [0.29, 0.717) is 0 Å². The van der Waals surface area contributed by atoms with Gasteiger partial charge in [-0.1, -0.05) is 20.3 Å². The molecule has 3 heteroatoms. The van der Waals surface area contributed by atoms with Crippen molar-refractivity contribution in [3.8, 4) is 6.07 Å². The zero-order valence-electron chi connectivity index (χ0n) is 12.0. The molecule has 1 heterocycles. The van der Waals surface area contributed by atoms with Crippen LogP contribution in [0.25, 0.3) is 0 Å². The van der Waals surface area contributed by atoms with Crippen molar-refractivity contribution in [2.45, 2.75) is 26.7 Å². The highest BCUT2D eigenvalue weighted by molar-refractivity contribution is 5.54. The predicted molar refractivity (Wildman–Crippen MR) is 79.5 cm³/mol. The second kappa shape index (κ2) is 6.58. The lowest BCUT2D eigenvalue weighted by Crippen LogP contribution is -2.46. The van der Waals surface area contributed by atoms with Gasteiger partial charge in [0.15, 0.2) is 0 Å². The minimum Gasteiger partial charge on any atom is -0.369 e. The van der Waals surface area contributed by atoms with Crippen molar-refractivity contribution in [3.63, 3.8) is 0 Å². The molecule has 0 aliphatic carbocycles. The smallest absolute Gasteiger partial charge is 0.0994 e. The van der Waals surface area contributed by atoms with E-state index in [1.807, 2.05) is 6.07 Å². The summed E-state index contributed by atoms with van der Waals surface area (Å²) < 4.78 is 0. The molecule has 3 nitrogen and oxygen atoms in total. The summed E-state index contributed by atoms with van der Waals surface area (Å²) in [5, 5.41) is 9.14. The first-order valence-corrected chi connectivity index (χ1v) is 7.28. The Balaban J connectivity index is 2.13. The summed E-state index contributed by atoms with van der Waals surface area (Å²) in [4.78, 5) is 4.92. The van der Waals surface area contributed by atoms with Gasteiger partial charge in [-0.3, -0.25) is 0 Å². The van der Waals surface area contributed by atoms with E-state index in [4.69, 9.17) is 5.26 Å². The van der Waals surface area contributed by atoms with E-state index in [0.717, 1.165) is 51.1 Å². The molecule has 0 N–H and O–H groups in total. The van der Waals surface area contributed by atoms with Crippen molar-refractivity contribution in [1.29, 1.82) is 5.26 Å². The number of piperazine rings is 1. The molecule has 0 radical (unpaired) electrons. The van der Waals surface area contributed by atoms with Crippen molar-refractivity contribution in [2.24, 2.45) is 0 Å². The van der Waals surface area contributed by atoms with Gasteiger partial charge in [-0.05, 0) is 36.7 Å². The third kappa shape index (κ3) is 3.27. The first-order chi connectivity index (χ1) is 9.28. The Morgan fingerprint density at radius 2 is 1.89 bits per heavy atom. The Morgan fingerprint density at radius 3 is 2.47 bits per heavy atom. The van der Waals surface area contributed by atoms with Crippen LogP contribution in [0, 0.1) is 11.3 Å². The second-order valence-corrected chi connectivity index (χ2v) is 5.12. The quantitative estimate of drug-likeness (QED) is 0.830. The van der Waals surface area contributed by atoms with E-state index in [9.17, 15) is 0 Å². The standard InChI is InChI=1S/C16H23N3/c1-3-5-14-12-16(7-6-15(14)13-17)19-10-8-18(4-2)9-11-19/h6-7,12H,3-5,8-11H2,1-2H3. The van der Waals surface area contributed by atoms with Crippen LogP contribution in [0.3, 0.4) is 0 Å². The van der Waals surface area contributed by atoms with Crippen LogP contribution in [0.15, 0.2) is 18.2 Å². The summed E-state index contributed by atoms with van der Waals surface area (Å²) in [5.41, 5.74) is 3.30. The monoisotopic (exact) mass is 257 g/mol. The highest BCUT2D eigenvalue weighted by Crippen LogP contribution is 2.22. The Labute approximate surface area is 116 Å². The Bertz CT molecular complexity index is 454. The molecule has 1 aromatic carbocycles. The van der Waals surface area contributed by atoms with Gasteiger partial charge >= 0.3 is 0 Å². The minimum atomic E-state index is 0.831. The van der Waals surface area contributed by atoms with Crippen molar-refractivity contribution >= 4 is 5.69 Å². The van der Waals surface area contributed by atoms with Crippen molar-refractivity contribution in [2.75, 3.05) is 37.6 Å². The molecule has 19 heavy (non-hydrogen) atoms. The highest BCUT2D eigenvalue weighted by atomic mass is 15.3. The lowest BCUT2D eigenvalue weighted by Gasteiger charge is -2.35. The number of benzene rings is 1. The number of nitriles is 1. The normalized spacial score (nSPS) is 16.4. The molecular formula is C16H23N3. The number of aryl methyl sites for hydroxylation is 1. The molecule has 0 unspecified atom stereocenters. The average Bonchev–Trinajstić information content (AvgIpc) is 2.47. The molecule has 1 saturated heterocycles. The van der Waals surface area contributed by atoms with E-state index in [1.165, 1.54) is 11.3 Å². The van der Waals surface area contributed by atoms with Crippen LogP contribution >= 0.6 is 0 Å². The van der Waals surface area contributed by atoms with Gasteiger partial charge in [-0.2, -0.15) is 5.26 Å². The summed E-state index contributed by atoms with van der Waals surface area (Å²) in [5.74, 6) is 0. The zero-order chi connectivity index (χ0) is 13.7. The van der Waals surface area contributed by atoms with Gasteiger partial charge in [0.1, 0.15) is 0 Å². The largest absolute Gasteiger partial charge is 0.369 e. The molecule has 1 aliphatic rings. The second-order valence-electron chi connectivity index (χ2n) is 5.12. The van der Waals surface area contributed by atoms with E-state index >= 15 is 0 Å². The molecule has 0 spiro atoms. The Hall–Kier alpha value is -1.53. The summed E-state index contributed by atoms with van der Waals surface area (Å²) in [6.45, 7) is 9.97. The molecule has 102 valence electrons. The molecule has 1 aromatic rings.